The number of benzene rings is 1. The van der Waals surface area contributed by atoms with Crippen LogP contribution in [0.4, 0.5) is 0 Å². The zero-order valence-corrected chi connectivity index (χ0v) is 20.9. The van der Waals surface area contributed by atoms with Gasteiger partial charge in [-0.05, 0) is 48.8 Å². The zero-order valence-electron chi connectivity index (χ0n) is 19.2. The summed E-state index contributed by atoms with van der Waals surface area (Å²) in [6.07, 6.45) is 0.743. The number of aliphatic carboxylic acids is 1. The molecule has 11 heteroatoms. The number of aromatic nitrogens is 1. The second-order valence-electron chi connectivity index (χ2n) is 9.64. The summed E-state index contributed by atoms with van der Waals surface area (Å²) in [5.41, 5.74) is 0.964. The lowest BCUT2D eigenvalue weighted by molar-refractivity contribution is -0.154. The molecule has 9 nitrogen and oxygen atoms in total. The fourth-order valence-electron chi connectivity index (χ4n) is 6.95. The molecule has 2 aromatic rings. The summed E-state index contributed by atoms with van der Waals surface area (Å²) in [5.74, 6) is -2.01. The van der Waals surface area contributed by atoms with Crippen LogP contribution in [0, 0.1) is 29.6 Å². The number of hydrogen-bond donors (Lipinski definition) is 2. The van der Waals surface area contributed by atoms with E-state index >= 15 is 0 Å². The van der Waals surface area contributed by atoms with Crippen LogP contribution in [0.3, 0.4) is 0 Å². The Morgan fingerprint density at radius 1 is 1.11 bits per heavy atom. The van der Waals surface area contributed by atoms with E-state index in [4.69, 9.17) is 9.47 Å². The molecule has 3 heterocycles. The number of nitrogens with one attached hydrogen (secondary N) is 1. The molecule has 2 bridgehead atoms. The van der Waals surface area contributed by atoms with Crippen molar-refractivity contribution in [3.8, 4) is 11.5 Å². The number of fused-ring (bicyclic) bond motifs is 9. The van der Waals surface area contributed by atoms with Crippen LogP contribution in [0.1, 0.15) is 29.7 Å². The van der Waals surface area contributed by atoms with Crippen molar-refractivity contribution in [2.45, 2.75) is 35.6 Å². The molecule has 35 heavy (non-hydrogen) atoms. The Balaban J connectivity index is 1.46. The van der Waals surface area contributed by atoms with Crippen LogP contribution in [0.15, 0.2) is 28.0 Å². The third kappa shape index (κ3) is 3.00. The van der Waals surface area contributed by atoms with Crippen molar-refractivity contribution in [2.24, 2.45) is 29.6 Å². The number of carboxylic acid groups (broad SMARTS) is 1. The molecule has 1 aromatic carbocycles. The van der Waals surface area contributed by atoms with Gasteiger partial charge in [0, 0.05) is 16.0 Å². The van der Waals surface area contributed by atoms with Crippen LogP contribution in [0.25, 0.3) is 0 Å². The summed E-state index contributed by atoms with van der Waals surface area (Å²) in [5, 5.41) is 10.3. The van der Waals surface area contributed by atoms with Gasteiger partial charge in [-0.1, -0.05) is 17.4 Å². The van der Waals surface area contributed by atoms with Crippen molar-refractivity contribution in [2.75, 3.05) is 14.2 Å². The van der Waals surface area contributed by atoms with E-state index in [0.29, 0.717) is 11.5 Å². The van der Waals surface area contributed by atoms with Gasteiger partial charge in [-0.3, -0.25) is 19.3 Å². The van der Waals surface area contributed by atoms with Crippen molar-refractivity contribution >= 4 is 40.9 Å². The number of likely N-dealkylation sites (tertiary alicyclic amines) is 1. The standard InChI is InChI=1S/C24H24N2O7S2/c1-8(23(29)30)26-21(27)16-10-7-11(17(16)22(26)28)18-15(10)14(19-20(34-18)25-24(31)35-19)9-4-5-12(32-2)13(6-9)33-3/h4-6,8,10-11,14-18H,7H2,1-3H3,(H,25,31)(H,29,30)/t8-,10+,11-,14-,15-,16+,17-,18+/m0/s1. The smallest absolute Gasteiger partial charge is 0.326 e. The first-order chi connectivity index (χ1) is 16.8. The number of H-pyrrole nitrogens is 1. The minimum Gasteiger partial charge on any atom is -0.493 e. The number of imide groups is 1. The third-order valence-electron chi connectivity index (χ3n) is 8.27. The number of rotatable bonds is 5. The highest BCUT2D eigenvalue weighted by molar-refractivity contribution is 8.00. The van der Waals surface area contributed by atoms with Gasteiger partial charge in [0.25, 0.3) is 0 Å². The van der Waals surface area contributed by atoms with Crippen molar-refractivity contribution < 1.29 is 29.0 Å². The highest BCUT2D eigenvalue weighted by Crippen LogP contribution is 2.68. The Morgan fingerprint density at radius 2 is 1.80 bits per heavy atom. The van der Waals surface area contributed by atoms with Crippen LogP contribution in [-0.4, -0.2) is 58.3 Å². The van der Waals surface area contributed by atoms with Crippen LogP contribution >= 0.6 is 23.1 Å². The second kappa shape index (κ2) is 7.86. The average Bonchev–Trinajstić information content (AvgIpc) is 3.56. The number of aromatic amines is 1. The molecule has 0 spiro atoms. The minimum atomic E-state index is -1.19. The maximum atomic E-state index is 13.4. The maximum absolute atomic E-state index is 13.4. The lowest BCUT2D eigenvalue weighted by Gasteiger charge is -2.43. The van der Waals surface area contributed by atoms with Gasteiger partial charge >= 0.3 is 10.8 Å². The Morgan fingerprint density at radius 3 is 2.46 bits per heavy atom. The molecule has 6 rings (SSSR count). The molecule has 2 aliphatic carbocycles. The number of amides is 2. The number of thiazole rings is 1. The summed E-state index contributed by atoms with van der Waals surface area (Å²) >= 11 is 2.78. The molecule has 0 radical (unpaired) electrons. The molecule has 184 valence electrons. The monoisotopic (exact) mass is 516 g/mol. The zero-order chi connectivity index (χ0) is 24.8. The SMILES string of the molecule is COc1ccc([C@@H]2c3sc(=O)[nH]c3S[C@@H]3[C@H]4C[C@@H]([C@H]5C(=O)N([C@@H](C)C(=O)O)C(=O)[C@@H]45)[C@@H]23)cc1OC. The first kappa shape index (κ1) is 22.7. The van der Waals surface area contributed by atoms with Gasteiger partial charge in [-0.2, -0.15) is 0 Å². The number of carbonyl (C=O) groups excluding carboxylic acids is 2. The van der Waals surface area contributed by atoms with Gasteiger partial charge in [-0.25, -0.2) is 4.79 Å². The summed E-state index contributed by atoms with van der Waals surface area (Å²) in [6.45, 7) is 1.39. The molecule has 2 N–H and O–H groups in total. The van der Waals surface area contributed by atoms with Gasteiger partial charge in [0.2, 0.25) is 11.8 Å². The van der Waals surface area contributed by atoms with Crippen molar-refractivity contribution in [1.29, 1.82) is 0 Å². The van der Waals surface area contributed by atoms with E-state index in [0.717, 1.165) is 26.8 Å². The molecule has 2 saturated carbocycles. The first-order valence-corrected chi connectivity index (χ1v) is 13.2. The molecular formula is C24H24N2O7S2. The fourth-order valence-corrected chi connectivity index (χ4v) is 9.84. The summed E-state index contributed by atoms with van der Waals surface area (Å²) < 4.78 is 10.9. The van der Waals surface area contributed by atoms with Crippen molar-refractivity contribution in [1.82, 2.24) is 9.88 Å². The predicted octanol–water partition coefficient (Wildman–Crippen LogP) is 2.40. The van der Waals surface area contributed by atoms with Crippen molar-refractivity contribution in [3.05, 3.63) is 38.3 Å². The van der Waals surface area contributed by atoms with Gasteiger partial charge < -0.3 is 19.6 Å². The van der Waals surface area contributed by atoms with Crippen LogP contribution in [0.5, 0.6) is 11.5 Å². The number of nitrogens with zero attached hydrogens (tertiary/aromatic N) is 1. The topological polar surface area (TPSA) is 126 Å². The summed E-state index contributed by atoms with van der Waals surface area (Å²) in [6, 6.07) is 4.55. The highest BCUT2D eigenvalue weighted by Gasteiger charge is 2.70. The number of thioether (sulfide) groups is 1. The lowest BCUT2D eigenvalue weighted by atomic mass is 9.68. The predicted molar refractivity (Wildman–Crippen MR) is 127 cm³/mol. The summed E-state index contributed by atoms with van der Waals surface area (Å²) in [7, 11) is 3.15. The normalized spacial score (nSPS) is 33.3. The van der Waals surface area contributed by atoms with Crippen LogP contribution in [-0.2, 0) is 14.4 Å². The van der Waals surface area contributed by atoms with E-state index in [9.17, 15) is 24.3 Å². The second-order valence-corrected chi connectivity index (χ2v) is 11.8. The molecule has 2 amide bonds. The fraction of sp³-hybridized carbons (Fsp3) is 0.500. The van der Waals surface area contributed by atoms with E-state index in [1.165, 1.54) is 18.3 Å². The molecule has 3 fully saturated rings. The number of ether oxygens (including phenoxy) is 2. The summed E-state index contributed by atoms with van der Waals surface area (Å²) in [4.78, 5) is 55.5. The Labute approximate surface area is 208 Å². The van der Waals surface area contributed by atoms with Gasteiger partial charge in [0.1, 0.15) is 6.04 Å². The number of carboxylic acids is 1. The third-order valence-corrected chi connectivity index (χ3v) is 10.9. The molecule has 0 unspecified atom stereocenters. The van der Waals surface area contributed by atoms with E-state index in [-0.39, 0.29) is 45.6 Å². The van der Waals surface area contributed by atoms with E-state index in [1.54, 1.807) is 26.0 Å². The van der Waals surface area contributed by atoms with Crippen molar-refractivity contribution in [3.63, 3.8) is 0 Å². The van der Waals surface area contributed by atoms with Gasteiger partial charge in [0.05, 0.1) is 31.1 Å². The largest absolute Gasteiger partial charge is 0.493 e. The Bertz CT molecular complexity index is 1320. The van der Waals surface area contributed by atoms with Gasteiger partial charge in [0.15, 0.2) is 11.5 Å². The Kier molecular flexibility index (Phi) is 5.09. The highest BCUT2D eigenvalue weighted by atomic mass is 32.2. The molecule has 4 aliphatic rings. The Hall–Kier alpha value is -2.79. The van der Waals surface area contributed by atoms with Crippen LogP contribution in [0.2, 0.25) is 0 Å². The molecular weight excluding hydrogens is 492 g/mol. The van der Waals surface area contributed by atoms with E-state index in [2.05, 4.69) is 4.98 Å². The lowest BCUT2D eigenvalue weighted by Crippen LogP contribution is -2.44. The molecule has 1 saturated heterocycles. The van der Waals surface area contributed by atoms with E-state index in [1.807, 2.05) is 18.2 Å². The van der Waals surface area contributed by atoms with E-state index < -0.39 is 23.8 Å². The van der Waals surface area contributed by atoms with Crippen LogP contribution < -0.4 is 14.3 Å². The van der Waals surface area contributed by atoms with Gasteiger partial charge in [-0.15, -0.1) is 11.8 Å². The number of hydrogen-bond acceptors (Lipinski definition) is 8. The molecule has 2 aliphatic heterocycles. The number of carbonyl (C=O) groups is 3. The molecule has 8 atom stereocenters. The molecule has 1 aromatic heterocycles. The quantitative estimate of drug-likeness (QED) is 0.581. The average molecular weight is 517 g/mol. The number of methoxy groups -OCH3 is 2. The first-order valence-electron chi connectivity index (χ1n) is 11.5. The maximum Gasteiger partial charge on any atom is 0.326 e. The minimum absolute atomic E-state index is 0.0279.